The minimum absolute atomic E-state index is 0.295. The molecular weight excluding hydrogens is 222 g/mol. The van der Waals surface area contributed by atoms with Crippen LogP contribution in [0, 0.1) is 0 Å². The lowest BCUT2D eigenvalue weighted by molar-refractivity contribution is -0.138. The molecule has 1 unspecified atom stereocenters. The van der Waals surface area contributed by atoms with Crippen LogP contribution in [-0.4, -0.2) is 22.9 Å². The van der Waals surface area contributed by atoms with Crippen LogP contribution in [0.4, 0.5) is 0 Å². The summed E-state index contributed by atoms with van der Waals surface area (Å²) in [7, 11) is 0. The number of hydrogen-bond donors (Lipinski definition) is 3. The smallest absolute Gasteiger partial charge is 0.321 e. The predicted octanol–water partition coefficient (Wildman–Crippen LogP) is 1.72. The molecule has 0 heterocycles. The van der Waals surface area contributed by atoms with Gasteiger partial charge < -0.3 is 5.11 Å². The molecule has 2 N–H and O–H groups in total. The third-order valence-electron chi connectivity index (χ3n) is 2.52. The van der Waals surface area contributed by atoms with E-state index in [1.165, 1.54) is 5.56 Å². The number of aryl methyl sites for hydroxylation is 1. The topological polar surface area (TPSA) is 49.3 Å². The highest BCUT2D eigenvalue weighted by Crippen LogP contribution is 2.09. The number of nitrogens with one attached hydrogen (secondary N) is 1. The fraction of sp³-hybridized carbons (Fsp3) is 0.417. The van der Waals surface area contributed by atoms with Gasteiger partial charge in [0.25, 0.3) is 0 Å². The van der Waals surface area contributed by atoms with E-state index in [2.05, 4.69) is 30.9 Å². The first-order valence-corrected chi connectivity index (χ1v) is 5.96. The van der Waals surface area contributed by atoms with Crippen LogP contribution in [0.5, 0.6) is 0 Å². The zero-order valence-corrected chi connectivity index (χ0v) is 10.2. The second-order valence-corrected chi connectivity index (χ2v) is 3.94. The molecule has 0 aliphatic rings. The van der Waals surface area contributed by atoms with Gasteiger partial charge in [0.05, 0.1) is 0 Å². The lowest BCUT2D eigenvalue weighted by Crippen LogP contribution is -2.37. The Bertz CT molecular complexity index is 355. The summed E-state index contributed by atoms with van der Waals surface area (Å²) >= 11 is 4.01. The van der Waals surface area contributed by atoms with Crippen LogP contribution < -0.4 is 5.32 Å². The van der Waals surface area contributed by atoms with Crippen molar-refractivity contribution in [2.75, 3.05) is 5.75 Å². The fourth-order valence-electron chi connectivity index (χ4n) is 1.54. The van der Waals surface area contributed by atoms with Crippen LogP contribution in [0.2, 0.25) is 0 Å². The van der Waals surface area contributed by atoms with Crippen molar-refractivity contribution >= 4 is 18.6 Å². The van der Waals surface area contributed by atoms with Gasteiger partial charge in [-0.1, -0.05) is 31.2 Å². The molecule has 0 saturated heterocycles. The van der Waals surface area contributed by atoms with Crippen molar-refractivity contribution < 1.29 is 9.90 Å². The van der Waals surface area contributed by atoms with Crippen LogP contribution in [0.3, 0.4) is 0 Å². The van der Waals surface area contributed by atoms with Crippen molar-refractivity contribution in [2.24, 2.45) is 0 Å². The number of carbonyl (C=O) groups is 1. The van der Waals surface area contributed by atoms with Crippen LogP contribution in [0.1, 0.15) is 18.1 Å². The minimum atomic E-state index is -0.857. The Labute approximate surface area is 101 Å². The molecule has 0 spiro atoms. The number of rotatable bonds is 6. The summed E-state index contributed by atoms with van der Waals surface area (Å²) < 4.78 is 0. The molecule has 1 aromatic rings. The molecule has 1 atom stereocenters. The van der Waals surface area contributed by atoms with Gasteiger partial charge in [0.15, 0.2) is 0 Å². The minimum Gasteiger partial charge on any atom is -0.480 e. The molecule has 1 aromatic carbocycles. The Balaban J connectivity index is 2.63. The molecule has 3 nitrogen and oxygen atoms in total. The van der Waals surface area contributed by atoms with Gasteiger partial charge in [-0.15, -0.1) is 0 Å². The molecular formula is C12H17NO2S. The van der Waals surface area contributed by atoms with E-state index >= 15 is 0 Å². The van der Waals surface area contributed by atoms with Gasteiger partial charge >= 0.3 is 5.97 Å². The second-order valence-electron chi connectivity index (χ2n) is 3.58. The third-order valence-corrected chi connectivity index (χ3v) is 2.88. The van der Waals surface area contributed by atoms with Gasteiger partial charge in [0.1, 0.15) is 6.04 Å². The molecule has 0 aliphatic heterocycles. The van der Waals surface area contributed by atoms with E-state index in [9.17, 15) is 4.79 Å². The molecule has 16 heavy (non-hydrogen) atoms. The predicted molar refractivity (Wildman–Crippen MR) is 67.9 cm³/mol. The Morgan fingerprint density at radius 3 is 2.56 bits per heavy atom. The molecule has 4 heteroatoms. The fourth-order valence-corrected chi connectivity index (χ4v) is 1.82. The first-order chi connectivity index (χ1) is 7.69. The largest absolute Gasteiger partial charge is 0.480 e. The normalized spacial score (nSPS) is 12.4. The van der Waals surface area contributed by atoms with E-state index in [1.54, 1.807) is 0 Å². The highest BCUT2D eigenvalue weighted by Gasteiger charge is 2.14. The van der Waals surface area contributed by atoms with Crippen molar-refractivity contribution in [3.63, 3.8) is 0 Å². The summed E-state index contributed by atoms with van der Waals surface area (Å²) in [5.74, 6) is -0.562. The van der Waals surface area contributed by atoms with Crippen LogP contribution in [0.15, 0.2) is 24.3 Å². The lowest BCUT2D eigenvalue weighted by Gasteiger charge is -2.13. The number of benzene rings is 1. The molecule has 0 amide bonds. The monoisotopic (exact) mass is 239 g/mol. The zero-order valence-electron chi connectivity index (χ0n) is 9.31. The number of thiol groups is 1. The van der Waals surface area contributed by atoms with Crippen molar-refractivity contribution in [3.05, 3.63) is 35.4 Å². The van der Waals surface area contributed by atoms with Gasteiger partial charge in [-0.3, -0.25) is 10.1 Å². The zero-order chi connectivity index (χ0) is 12.0. The van der Waals surface area contributed by atoms with Crippen molar-refractivity contribution in [1.82, 2.24) is 5.32 Å². The quantitative estimate of drug-likeness (QED) is 0.663. The maximum atomic E-state index is 10.8. The standard InChI is InChI=1S/C12H17NO2S/c1-2-9-5-3-4-6-10(9)7-13-11(8-16)12(14)15/h3-6,11,13,16H,2,7-8H2,1H3,(H,14,15). The Morgan fingerprint density at radius 2 is 2.06 bits per heavy atom. The Morgan fingerprint density at radius 1 is 1.44 bits per heavy atom. The van der Waals surface area contributed by atoms with E-state index < -0.39 is 12.0 Å². The summed E-state index contributed by atoms with van der Waals surface area (Å²) in [4.78, 5) is 10.8. The van der Waals surface area contributed by atoms with Crippen molar-refractivity contribution in [1.29, 1.82) is 0 Å². The Hall–Kier alpha value is -1.00. The SMILES string of the molecule is CCc1ccccc1CNC(CS)C(=O)O. The van der Waals surface area contributed by atoms with Gasteiger partial charge in [-0.05, 0) is 17.5 Å². The first-order valence-electron chi connectivity index (χ1n) is 5.32. The first kappa shape index (κ1) is 13.1. The molecule has 1 rings (SSSR count). The number of carboxylic acids is 1. The molecule has 0 bridgehead atoms. The summed E-state index contributed by atoms with van der Waals surface area (Å²) in [6.07, 6.45) is 0.955. The maximum absolute atomic E-state index is 10.8. The van der Waals surface area contributed by atoms with Crippen LogP contribution in [0.25, 0.3) is 0 Å². The van der Waals surface area contributed by atoms with Crippen LogP contribution in [-0.2, 0) is 17.8 Å². The van der Waals surface area contributed by atoms with E-state index in [4.69, 9.17) is 5.11 Å². The molecule has 0 radical (unpaired) electrons. The lowest BCUT2D eigenvalue weighted by atomic mass is 10.1. The van der Waals surface area contributed by atoms with E-state index in [1.807, 2.05) is 18.2 Å². The number of hydrogen-bond acceptors (Lipinski definition) is 3. The Kier molecular flexibility index (Phi) is 5.35. The van der Waals surface area contributed by atoms with Crippen LogP contribution >= 0.6 is 12.6 Å². The van der Waals surface area contributed by atoms with Gasteiger partial charge in [0, 0.05) is 12.3 Å². The highest BCUT2D eigenvalue weighted by atomic mass is 32.1. The highest BCUT2D eigenvalue weighted by molar-refractivity contribution is 7.80. The molecule has 0 saturated carbocycles. The summed E-state index contributed by atoms with van der Waals surface area (Å²) in [5, 5.41) is 11.9. The van der Waals surface area contributed by atoms with E-state index in [0.29, 0.717) is 12.3 Å². The maximum Gasteiger partial charge on any atom is 0.321 e. The van der Waals surface area contributed by atoms with Crippen molar-refractivity contribution in [2.45, 2.75) is 25.9 Å². The van der Waals surface area contributed by atoms with Gasteiger partial charge in [0.2, 0.25) is 0 Å². The average Bonchev–Trinajstić information content (AvgIpc) is 2.30. The van der Waals surface area contributed by atoms with E-state index in [-0.39, 0.29) is 0 Å². The van der Waals surface area contributed by atoms with E-state index in [0.717, 1.165) is 12.0 Å². The molecule has 88 valence electrons. The van der Waals surface area contributed by atoms with Crippen molar-refractivity contribution in [3.8, 4) is 0 Å². The molecule has 0 fully saturated rings. The van der Waals surface area contributed by atoms with Gasteiger partial charge in [-0.2, -0.15) is 12.6 Å². The summed E-state index contributed by atoms with van der Waals surface area (Å²) in [6, 6.07) is 7.45. The van der Waals surface area contributed by atoms with Gasteiger partial charge in [-0.25, -0.2) is 0 Å². The number of carboxylic acid groups (broad SMARTS) is 1. The summed E-state index contributed by atoms with van der Waals surface area (Å²) in [5.41, 5.74) is 2.40. The number of aliphatic carboxylic acids is 1. The average molecular weight is 239 g/mol. The molecule has 0 aromatic heterocycles. The summed E-state index contributed by atoms with van der Waals surface area (Å²) in [6.45, 7) is 2.66. The third kappa shape index (κ3) is 3.54. The second kappa shape index (κ2) is 6.55. The molecule has 0 aliphatic carbocycles.